The average Bonchev–Trinajstić information content (AvgIpc) is 2.67. The molecule has 0 radical (unpaired) electrons. The highest BCUT2D eigenvalue weighted by Gasteiger charge is 2.44. The number of rotatable bonds is 8. The molecule has 10 nitrogen and oxygen atoms in total. The number of hydrogen-bond acceptors (Lipinski definition) is 10. The van der Waals surface area contributed by atoms with Gasteiger partial charge in [0.2, 0.25) is 5.75 Å². The van der Waals surface area contributed by atoms with Crippen LogP contribution in [0.3, 0.4) is 0 Å². The molecule has 1 aromatic rings. The van der Waals surface area contributed by atoms with Crippen LogP contribution in [0.2, 0.25) is 0 Å². The maximum Gasteiger partial charge on any atom is 0.203 e. The van der Waals surface area contributed by atoms with Crippen LogP contribution in [-0.2, 0) is 9.47 Å². The number of phenols is 1. The van der Waals surface area contributed by atoms with Gasteiger partial charge in [0.1, 0.15) is 24.4 Å². The van der Waals surface area contributed by atoms with E-state index in [2.05, 4.69) is 0 Å². The lowest BCUT2D eigenvalue weighted by atomic mass is 9.98. The Bertz CT molecular complexity index is 608. The molecule has 154 valence electrons. The van der Waals surface area contributed by atoms with Crippen LogP contribution >= 0.6 is 0 Å². The van der Waals surface area contributed by atoms with Crippen LogP contribution in [0.1, 0.15) is 11.5 Å². The summed E-state index contributed by atoms with van der Waals surface area (Å²) < 4.78 is 20.9. The van der Waals surface area contributed by atoms with Crippen LogP contribution in [0.4, 0.5) is 0 Å². The molecule has 0 unspecified atom stereocenters. The van der Waals surface area contributed by atoms with Gasteiger partial charge in [-0.25, -0.2) is 0 Å². The largest absolute Gasteiger partial charge is 0.504 e. The van der Waals surface area contributed by atoms with E-state index >= 15 is 0 Å². The summed E-state index contributed by atoms with van der Waals surface area (Å²) in [7, 11) is 2.78. The Kier molecular flexibility index (Phi) is 7.62. The molecule has 0 amide bonds. The Morgan fingerprint density at radius 3 is 2.30 bits per heavy atom. The number of aliphatic hydroxyl groups excluding tert-OH is 5. The number of aromatic hydroxyl groups is 1. The lowest BCUT2D eigenvalue weighted by molar-refractivity contribution is -0.302. The van der Waals surface area contributed by atoms with Crippen molar-refractivity contribution < 1.29 is 49.6 Å². The molecule has 10 heteroatoms. The van der Waals surface area contributed by atoms with E-state index in [0.29, 0.717) is 5.56 Å². The molecule has 1 aliphatic heterocycles. The first-order chi connectivity index (χ1) is 12.9. The van der Waals surface area contributed by atoms with Gasteiger partial charge in [-0.1, -0.05) is 0 Å². The van der Waals surface area contributed by atoms with Crippen molar-refractivity contribution in [2.45, 2.75) is 36.6 Å². The third kappa shape index (κ3) is 4.61. The number of benzene rings is 1. The van der Waals surface area contributed by atoms with E-state index in [4.69, 9.17) is 18.9 Å². The molecule has 0 spiro atoms. The fourth-order valence-electron chi connectivity index (χ4n) is 2.87. The average molecular weight is 390 g/mol. The zero-order valence-electron chi connectivity index (χ0n) is 15.1. The summed E-state index contributed by atoms with van der Waals surface area (Å²) in [5.74, 6) is -0.396. The quantitative estimate of drug-likeness (QED) is 0.302. The fourth-order valence-corrected chi connectivity index (χ4v) is 2.87. The Labute approximate surface area is 156 Å². The van der Waals surface area contributed by atoms with E-state index in [0.717, 1.165) is 0 Å². The summed E-state index contributed by atoms with van der Waals surface area (Å²) >= 11 is 0. The van der Waals surface area contributed by atoms with Crippen molar-refractivity contribution >= 4 is 0 Å². The molecule has 1 saturated heterocycles. The highest BCUT2D eigenvalue weighted by atomic mass is 16.7. The highest BCUT2D eigenvalue weighted by Crippen LogP contribution is 2.39. The van der Waals surface area contributed by atoms with Crippen LogP contribution in [0, 0.1) is 0 Å². The van der Waals surface area contributed by atoms with E-state index in [1.54, 1.807) is 6.07 Å². The summed E-state index contributed by atoms with van der Waals surface area (Å²) in [6.45, 7) is -1.07. The molecule has 0 aromatic heterocycles. The highest BCUT2D eigenvalue weighted by molar-refractivity contribution is 5.53. The first-order valence-electron chi connectivity index (χ1n) is 8.35. The first-order valence-corrected chi connectivity index (χ1v) is 8.35. The van der Waals surface area contributed by atoms with Crippen molar-refractivity contribution in [2.75, 3.05) is 34.0 Å². The monoisotopic (exact) mass is 390 g/mol. The van der Waals surface area contributed by atoms with Crippen molar-refractivity contribution in [3.05, 3.63) is 17.7 Å². The standard InChI is InChI=1S/C17H26O10/c1-24-11-4-8(3-10(20)16(11)25-2)9(5-18)7-26-17-15(23)14(22)13(21)12(6-19)27-17/h3-4,9,12-15,17-23H,5-7H2,1-2H3/t9-,12-,13-,14+,15-,17-/m1/s1. The molecular formula is C17H26O10. The SMILES string of the molecule is COc1cc([C@H](CO)CO[C@@H]2O[C@H](CO)[C@@H](O)[C@H](O)[C@H]2O)cc(O)c1OC. The minimum Gasteiger partial charge on any atom is -0.504 e. The number of methoxy groups -OCH3 is 2. The Hall–Kier alpha value is -1.66. The van der Waals surface area contributed by atoms with Crippen LogP contribution < -0.4 is 9.47 Å². The minimum atomic E-state index is -1.56. The van der Waals surface area contributed by atoms with Gasteiger partial charge in [-0.05, 0) is 17.7 Å². The maximum atomic E-state index is 10.1. The second kappa shape index (κ2) is 9.51. The van der Waals surface area contributed by atoms with Gasteiger partial charge in [0, 0.05) is 5.92 Å². The predicted octanol–water partition coefficient (Wildman–Crippen LogP) is -1.70. The Morgan fingerprint density at radius 1 is 1.04 bits per heavy atom. The number of hydrogen-bond donors (Lipinski definition) is 6. The molecule has 0 aliphatic carbocycles. The van der Waals surface area contributed by atoms with Gasteiger partial charge in [0.15, 0.2) is 17.8 Å². The molecule has 6 N–H and O–H groups in total. The van der Waals surface area contributed by atoms with Crippen LogP contribution in [0.15, 0.2) is 12.1 Å². The van der Waals surface area contributed by atoms with Gasteiger partial charge in [-0.2, -0.15) is 0 Å². The topological polar surface area (TPSA) is 158 Å². The molecule has 0 saturated carbocycles. The van der Waals surface area contributed by atoms with Crippen molar-refractivity contribution in [1.82, 2.24) is 0 Å². The Morgan fingerprint density at radius 2 is 1.74 bits per heavy atom. The van der Waals surface area contributed by atoms with Crippen molar-refractivity contribution in [3.63, 3.8) is 0 Å². The van der Waals surface area contributed by atoms with E-state index < -0.39 is 43.2 Å². The first kappa shape index (κ1) is 21.6. The molecule has 1 heterocycles. The molecule has 0 bridgehead atoms. The van der Waals surface area contributed by atoms with Crippen LogP contribution in [-0.4, -0.2) is 95.4 Å². The van der Waals surface area contributed by atoms with Gasteiger partial charge in [0.25, 0.3) is 0 Å². The number of phenolic OH excluding ortho intramolecular Hbond substituents is 1. The summed E-state index contributed by atoms with van der Waals surface area (Å²) in [6, 6.07) is 2.95. The number of aliphatic hydroxyl groups is 5. The van der Waals surface area contributed by atoms with Gasteiger partial charge in [-0.15, -0.1) is 0 Å². The molecule has 6 atom stereocenters. The lowest BCUT2D eigenvalue weighted by Gasteiger charge is -2.40. The molecule has 1 aliphatic rings. The van der Waals surface area contributed by atoms with Gasteiger partial charge < -0.3 is 49.6 Å². The van der Waals surface area contributed by atoms with Crippen molar-refractivity contribution in [2.24, 2.45) is 0 Å². The van der Waals surface area contributed by atoms with E-state index in [1.807, 2.05) is 0 Å². The molecule has 1 fully saturated rings. The van der Waals surface area contributed by atoms with Crippen LogP contribution in [0.5, 0.6) is 17.2 Å². The van der Waals surface area contributed by atoms with E-state index in [9.17, 15) is 30.6 Å². The summed E-state index contributed by atoms with van der Waals surface area (Å²) in [5.41, 5.74) is 0.484. The zero-order valence-corrected chi connectivity index (χ0v) is 15.1. The predicted molar refractivity (Wildman–Crippen MR) is 90.8 cm³/mol. The van der Waals surface area contributed by atoms with Gasteiger partial charge in [0.05, 0.1) is 34.0 Å². The van der Waals surface area contributed by atoms with Gasteiger partial charge in [-0.3, -0.25) is 0 Å². The zero-order chi connectivity index (χ0) is 20.1. The second-order valence-electron chi connectivity index (χ2n) is 6.19. The Balaban J connectivity index is 2.12. The smallest absolute Gasteiger partial charge is 0.203 e. The normalized spacial score (nSPS) is 29.4. The fraction of sp³-hybridized carbons (Fsp3) is 0.647. The minimum absolute atomic E-state index is 0.145. The van der Waals surface area contributed by atoms with Crippen molar-refractivity contribution in [1.29, 1.82) is 0 Å². The summed E-state index contributed by atoms with van der Waals surface area (Å²) in [6.07, 6.45) is -6.99. The lowest BCUT2D eigenvalue weighted by Crippen LogP contribution is -2.59. The second-order valence-corrected chi connectivity index (χ2v) is 6.19. The summed E-state index contributed by atoms with van der Waals surface area (Å²) in [4.78, 5) is 0. The third-order valence-corrected chi connectivity index (χ3v) is 4.48. The molecule has 2 rings (SSSR count). The van der Waals surface area contributed by atoms with Crippen molar-refractivity contribution in [3.8, 4) is 17.2 Å². The maximum absolute atomic E-state index is 10.1. The molecule has 1 aromatic carbocycles. The third-order valence-electron chi connectivity index (χ3n) is 4.48. The van der Waals surface area contributed by atoms with Crippen LogP contribution in [0.25, 0.3) is 0 Å². The van der Waals surface area contributed by atoms with E-state index in [1.165, 1.54) is 20.3 Å². The molecule has 27 heavy (non-hydrogen) atoms. The number of ether oxygens (including phenoxy) is 4. The molecular weight excluding hydrogens is 364 g/mol. The summed E-state index contributed by atoms with van der Waals surface area (Å²) in [5, 5.41) is 58.5. The van der Waals surface area contributed by atoms with E-state index in [-0.39, 0.29) is 30.5 Å². The van der Waals surface area contributed by atoms with Gasteiger partial charge >= 0.3 is 0 Å².